The summed E-state index contributed by atoms with van der Waals surface area (Å²) in [4.78, 5) is 14.2. The second-order valence-corrected chi connectivity index (χ2v) is 5.33. The van der Waals surface area contributed by atoms with Crippen LogP contribution in [0, 0.1) is 0 Å². The second-order valence-electron chi connectivity index (χ2n) is 5.33. The van der Waals surface area contributed by atoms with E-state index in [0.717, 1.165) is 26.1 Å². The maximum absolute atomic E-state index is 11.8. The van der Waals surface area contributed by atoms with Crippen molar-refractivity contribution >= 4 is 5.91 Å². The van der Waals surface area contributed by atoms with Gasteiger partial charge in [-0.1, -0.05) is 0 Å². The lowest BCUT2D eigenvalue weighted by molar-refractivity contribution is -0.122. The van der Waals surface area contributed by atoms with E-state index < -0.39 is 0 Å². The fourth-order valence-corrected chi connectivity index (χ4v) is 2.59. The molecule has 2 heterocycles. The van der Waals surface area contributed by atoms with E-state index in [-0.39, 0.29) is 11.4 Å². The van der Waals surface area contributed by atoms with Crippen molar-refractivity contribution in [3.63, 3.8) is 0 Å². The smallest absolute Gasteiger partial charge is 0.221 e. The van der Waals surface area contributed by atoms with E-state index in [2.05, 4.69) is 22.5 Å². The Morgan fingerprint density at radius 2 is 2.19 bits per heavy atom. The number of nitrogens with zero attached hydrogens (tertiary/aromatic N) is 1. The predicted molar refractivity (Wildman–Crippen MR) is 64.3 cm³/mol. The maximum atomic E-state index is 11.8. The van der Waals surface area contributed by atoms with Crippen LogP contribution in [0.15, 0.2) is 0 Å². The molecule has 0 spiro atoms. The Kier molecular flexibility index (Phi) is 3.82. The topological polar surface area (TPSA) is 44.4 Å². The molecule has 2 aliphatic heterocycles. The van der Waals surface area contributed by atoms with Crippen molar-refractivity contribution in [1.82, 2.24) is 15.5 Å². The third-order valence-corrected chi connectivity index (χ3v) is 3.66. The molecular formula is C12H23N3O. The summed E-state index contributed by atoms with van der Waals surface area (Å²) in [5, 5.41) is 6.44. The lowest BCUT2D eigenvalue weighted by Gasteiger charge is -2.25. The summed E-state index contributed by atoms with van der Waals surface area (Å²) in [5.41, 5.74) is -0.0118. The number of rotatable bonds is 4. The summed E-state index contributed by atoms with van der Waals surface area (Å²) in [6, 6.07) is 0. The maximum Gasteiger partial charge on any atom is 0.221 e. The molecule has 2 rings (SSSR count). The molecule has 2 saturated heterocycles. The Hall–Kier alpha value is -0.610. The van der Waals surface area contributed by atoms with Gasteiger partial charge in [-0.15, -0.1) is 0 Å². The predicted octanol–water partition coefficient (Wildman–Crippen LogP) is 0.341. The third-order valence-electron chi connectivity index (χ3n) is 3.66. The first kappa shape index (κ1) is 11.9. The molecule has 0 radical (unpaired) electrons. The Bertz CT molecular complexity index is 243. The van der Waals surface area contributed by atoms with Crippen molar-refractivity contribution in [3.05, 3.63) is 0 Å². The lowest BCUT2D eigenvalue weighted by Crippen LogP contribution is -2.48. The molecule has 0 saturated carbocycles. The molecule has 1 unspecified atom stereocenters. The van der Waals surface area contributed by atoms with Crippen LogP contribution in [0.4, 0.5) is 0 Å². The average molecular weight is 225 g/mol. The van der Waals surface area contributed by atoms with Gasteiger partial charge in [-0.3, -0.25) is 4.79 Å². The standard InChI is InChI=1S/C12H23N3O/c1-12(5-6-13-10-12)14-11(16)4-9-15-7-2-3-8-15/h13H,2-10H2,1H3,(H,14,16). The fraction of sp³-hybridized carbons (Fsp3) is 0.917. The molecule has 4 heteroatoms. The van der Waals surface area contributed by atoms with Crippen molar-refractivity contribution < 1.29 is 4.79 Å². The zero-order valence-corrected chi connectivity index (χ0v) is 10.2. The van der Waals surface area contributed by atoms with Crippen LogP contribution in [0.25, 0.3) is 0 Å². The molecular weight excluding hydrogens is 202 g/mol. The molecule has 0 aromatic carbocycles. The van der Waals surface area contributed by atoms with Gasteiger partial charge in [0.25, 0.3) is 0 Å². The first-order valence-electron chi connectivity index (χ1n) is 6.42. The van der Waals surface area contributed by atoms with Crippen molar-refractivity contribution in [2.45, 2.75) is 38.1 Å². The third kappa shape index (κ3) is 3.19. The molecule has 0 aromatic rings. The number of hydrogen-bond donors (Lipinski definition) is 2. The van der Waals surface area contributed by atoms with Gasteiger partial charge in [0.05, 0.1) is 5.54 Å². The highest BCUT2D eigenvalue weighted by Crippen LogP contribution is 2.13. The van der Waals surface area contributed by atoms with Crippen LogP contribution in [-0.2, 0) is 4.79 Å². The van der Waals surface area contributed by atoms with Crippen LogP contribution < -0.4 is 10.6 Å². The highest BCUT2D eigenvalue weighted by molar-refractivity contribution is 5.77. The van der Waals surface area contributed by atoms with Gasteiger partial charge in [0.2, 0.25) is 5.91 Å². The molecule has 1 atom stereocenters. The molecule has 2 aliphatic rings. The van der Waals surface area contributed by atoms with Crippen LogP contribution in [0.5, 0.6) is 0 Å². The van der Waals surface area contributed by atoms with E-state index in [1.54, 1.807) is 0 Å². The van der Waals surface area contributed by atoms with E-state index in [1.165, 1.54) is 25.9 Å². The monoisotopic (exact) mass is 225 g/mol. The summed E-state index contributed by atoms with van der Waals surface area (Å²) >= 11 is 0. The van der Waals surface area contributed by atoms with Crippen molar-refractivity contribution in [3.8, 4) is 0 Å². The molecule has 1 amide bonds. The van der Waals surface area contributed by atoms with Crippen LogP contribution in [-0.4, -0.2) is 49.1 Å². The number of likely N-dealkylation sites (tertiary alicyclic amines) is 1. The zero-order chi connectivity index (χ0) is 11.4. The van der Waals surface area contributed by atoms with Crippen molar-refractivity contribution in [2.24, 2.45) is 0 Å². The van der Waals surface area contributed by atoms with E-state index in [4.69, 9.17) is 0 Å². The van der Waals surface area contributed by atoms with Crippen LogP contribution >= 0.6 is 0 Å². The van der Waals surface area contributed by atoms with Crippen LogP contribution in [0.1, 0.15) is 32.6 Å². The molecule has 4 nitrogen and oxygen atoms in total. The molecule has 92 valence electrons. The van der Waals surface area contributed by atoms with E-state index in [1.807, 2.05) is 0 Å². The van der Waals surface area contributed by atoms with Gasteiger partial charge in [-0.2, -0.15) is 0 Å². The Morgan fingerprint density at radius 1 is 1.44 bits per heavy atom. The van der Waals surface area contributed by atoms with Crippen molar-refractivity contribution in [2.75, 3.05) is 32.7 Å². The minimum absolute atomic E-state index is 0.0118. The van der Waals surface area contributed by atoms with Crippen LogP contribution in [0.2, 0.25) is 0 Å². The summed E-state index contributed by atoms with van der Waals surface area (Å²) in [7, 11) is 0. The molecule has 16 heavy (non-hydrogen) atoms. The van der Waals surface area contributed by atoms with Gasteiger partial charge in [-0.05, 0) is 45.8 Å². The molecule has 2 N–H and O–H groups in total. The van der Waals surface area contributed by atoms with Gasteiger partial charge in [0.1, 0.15) is 0 Å². The number of amides is 1. The highest BCUT2D eigenvalue weighted by atomic mass is 16.1. The average Bonchev–Trinajstić information content (AvgIpc) is 2.86. The molecule has 0 aromatic heterocycles. The fourth-order valence-electron chi connectivity index (χ4n) is 2.59. The van der Waals surface area contributed by atoms with Gasteiger partial charge >= 0.3 is 0 Å². The first-order chi connectivity index (χ1) is 7.68. The van der Waals surface area contributed by atoms with Gasteiger partial charge in [0.15, 0.2) is 0 Å². The number of nitrogens with one attached hydrogen (secondary N) is 2. The zero-order valence-electron chi connectivity index (χ0n) is 10.2. The summed E-state index contributed by atoms with van der Waals surface area (Å²) < 4.78 is 0. The SMILES string of the molecule is CC1(NC(=O)CCN2CCCC2)CCNC1. The highest BCUT2D eigenvalue weighted by Gasteiger charge is 2.29. The van der Waals surface area contributed by atoms with E-state index in [9.17, 15) is 4.79 Å². The Morgan fingerprint density at radius 3 is 2.81 bits per heavy atom. The van der Waals surface area contributed by atoms with Crippen molar-refractivity contribution in [1.29, 1.82) is 0 Å². The second kappa shape index (κ2) is 5.15. The first-order valence-corrected chi connectivity index (χ1v) is 6.42. The molecule has 2 fully saturated rings. The van der Waals surface area contributed by atoms with E-state index >= 15 is 0 Å². The summed E-state index contributed by atoms with van der Waals surface area (Å²) in [6.45, 7) is 7.32. The van der Waals surface area contributed by atoms with Gasteiger partial charge in [0, 0.05) is 19.5 Å². The number of carbonyl (C=O) groups excluding carboxylic acids is 1. The molecule has 0 aliphatic carbocycles. The Labute approximate surface area is 97.8 Å². The van der Waals surface area contributed by atoms with Crippen LogP contribution in [0.3, 0.4) is 0 Å². The van der Waals surface area contributed by atoms with E-state index in [0.29, 0.717) is 6.42 Å². The lowest BCUT2D eigenvalue weighted by atomic mass is 10.0. The number of hydrogen-bond acceptors (Lipinski definition) is 3. The normalized spacial score (nSPS) is 30.8. The minimum atomic E-state index is -0.0118. The largest absolute Gasteiger partial charge is 0.350 e. The van der Waals surface area contributed by atoms with Gasteiger partial charge in [-0.25, -0.2) is 0 Å². The quantitative estimate of drug-likeness (QED) is 0.725. The summed E-state index contributed by atoms with van der Waals surface area (Å²) in [6.07, 6.45) is 4.28. The number of carbonyl (C=O) groups is 1. The molecule has 0 bridgehead atoms. The summed E-state index contributed by atoms with van der Waals surface area (Å²) in [5.74, 6) is 0.207. The Balaban J connectivity index is 1.67. The van der Waals surface area contributed by atoms with Gasteiger partial charge < -0.3 is 15.5 Å². The minimum Gasteiger partial charge on any atom is -0.350 e.